The van der Waals surface area contributed by atoms with Gasteiger partial charge >= 0.3 is 0 Å². The number of halogens is 2. The molecule has 1 aromatic rings. The van der Waals surface area contributed by atoms with E-state index in [-0.39, 0.29) is 11.9 Å². The van der Waals surface area contributed by atoms with Crippen LogP contribution in [0.15, 0.2) is 42.5 Å². The molecule has 0 nitrogen and oxygen atoms in total. The van der Waals surface area contributed by atoms with Gasteiger partial charge in [-0.25, -0.2) is 8.78 Å². The van der Waals surface area contributed by atoms with Gasteiger partial charge in [-0.05, 0) is 12.0 Å². The van der Waals surface area contributed by atoms with Crippen molar-refractivity contribution < 1.29 is 8.78 Å². The number of hydrogen-bond acceptors (Lipinski definition) is 0. The van der Waals surface area contributed by atoms with Crippen molar-refractivity contribution in [2.75, 3.05) is 0 Å². The molecule has 0 bridgehead atoms. The molecular formula is C10H12F2Si. The van der Waals surface area contributed by atoms with Crippen molar-refractivity contribution in [1.29, 1.82) is 0 Å². The van der Waals surface area contributed by atoms with Crippen LogP contribution in [-0.4, -0.2) is 10.2 Å². The molecule has 13 heavy (non-hydrogen) atoms. The highest BCUT2D eigenvalue weighted by atomic mass is 28.1. The third kappa shape index (κ3) is 3.11. The summed E-state index contributed by atoms with van der Waals surface area (Å²) in [6.45, 7) is 0. The molecule has 0 radical (unpaired) electrons. The van der Waals surface area contributed by atoms with Crippen LogP contribution in [0, 0.1) is 0 Å². The third-order valence-corrected chi connectivity index (χ3v) is 2.92. The van der Waals surface area contributed by atoms with E-state index in [0.717, 1.165) is 5.56 Å². The first-order valence-electron chi connectivity index (χ1n) is 4.23. The molecule has 0 aromatic heterocycles. The van der Waals surface area contributed by atoms with Crippen molar-refractivity contribution >= 4 is 10.2 Å². The van der Waals surface area contributed by atoms with E-state index in [2.05, 4.69) is 0 Å². The summed E-state index contributed by atoms with van der Waals surface area (Å²) < 4.78 is 24.6. The minimum absolute atomic E-state index is 0.0700. The quantitative estimate of drug-likeness (QED) is 0.653. The molecule has 0 fully saturated rings. The van der Waals surface area contributed by atoms with Crippen LogP contribution in [-0.2, 0) is 6.42 Å². The van der Waals surface area contributed by atoms with Gasteiger partial charge in [0.05, 0.1) is 0 Å². The third-order valence-electron chi connectivity index (χ3n) is 1.96. The highest BCUT2D eigenvalue weighted by Crippen LogP contribution is 2.20. The van der Waals surface area contributed by atoms with Gasteiger partial charge in [-0.3, -0.25) is 0 Å². The van der Waals surface area contributed by atoms with E-state index in [0.29, 0.717) is 16.7 Å². The summed E-state index contributed by atoms with van der Waals surface area (Å²) in [5.41, 5.74) is 0.812. The Hall–Kier alpha value is -0.963. The number of rotatable bonds is 3. The molecule has 0 aliphatic carbocycles. The molecule has 0 amide bonds. The van der Waals surface area contributed by atoms with Crippen LogP contribution in [0.1, 0.15) is 5.56 Å². The zero-order valence-electron chi connectivity index (χ0n) is 7.50. The SMILES string of the molecule is FC=C(F)C([SiH3])Cc1ccccc1. The summed E-state index contributed by atoms with van der Waals surface area (Å²) in [7, 11) is 0.634. The van der Waals surface area contributed by atoms with Gasteiger partial charge in [0.2, 0.25) is 0 Å². The molecule has 0 saturated carbocycles. The van der Waals surface area contributed by atoms with E-state index < -0.39 is 5.83 Å². The normalized spacial score (nSPS) is 14.5. The lowest BCUT2D eigenvalue weighted by molar-refractivity contribution is 0.546. The van der Waals surface area contributed by atoms with E-state index in [4.69, 9.17) is 0 Å². The van der Waals surface area contributed by atoms with Gasteiger partial charge in [0.25, 0.3) is 0 Å². The Morgan fingerprint density at radius 3 is 2.54 bits per heavy atom. The van der Waals surface area contributed by atoms with E-state index in [1.807, 2.05) is 30.3 Å². The Morgan fingerprint density at radius 2 is 2.00 bits per heavy atom. The van der Waals surface area contributed by atoms with E-state index in [1.54, 1.807) is 0 Å². The molecule has 0 N–H and O–H groups in total. The summed E-state index contributed by atoms with van der Waals surface area (Å²) in [6, 6.07) is 9.57. The van der Waals surface area contributed by atoms with Crippen molar-refractivity contribution in [3.8, 4) is 0 Å². The Morgan fingerprint density at radius 1 is 1.38 bits per heavy atom. The second-order valence-corrected chi connectivity index (χ2v) is 4.48. The number of hydrogen-bond donors (Lipinski definition) is 0. The first kappa shape index (κ1) is 10.1. The maximum Gasteiger partial charge on any atom is 0.128 e. The maximum atomic E-state index is 12.7. The molecule has 0 heterocycles. The van der Waals surface area contributed by atoms with Crippen molar-refractivity contribution in [1.82, 2.24) is 0 Å². The van der Waals surface area contributed by atoms with Gasteiger partial charge in [-0.2, -0.15) is 0 Å². The highest BCUT2D eigenvalue weighted by molar-refractivity contribution is 6.13. The summed E-state index contributed by atoms with van der Waals surface area (Å²) in [5.74, 6) is -0.629. The molecule has 0 saturated heterocycles. The fraction of sp³-hybridized carbons (Fsp3) is 0.200. The monoisotopic (exact) mass is 198 g/mol. The maximum absolute atomic E-state index is 12.7. The van der Waals surface area contributed by atoms with Gasteiger partial charge in [-0.15, -0.1) is 0 Å². The summed E-state index contributed by atoms with van der Waals surface area (Å²) in [5, 5.41) is 0. The highest BCUT2D eigenvalue weighted by Gasteiger charge is 2.08. The fourth-order valence-corrected chi connectivity index (χ4v) is 1.77. The number of allylic oxidation sites excluding steroid dienone is 1. The van der Waals surface area contributed by atoms with Gasteiger partial charge in [0.1, 0.15) is 12.2 Å². The minimum atomic E-state index is -0.629. The Kier molecular flexibility index (Phi) is 3.83. The Bertz CT molecular complexity index is 282. The van der Waals surface area contributed by atoms with Crippen molar-refractivity contribution in [2.45, 2.75) is 12.0 Å². The molecule has 70 valence electrons. The minimum Gasteiger partial charge on any atom is -0.213 e. The molecule has 0 aliphatic rings. The second kappa shape index (κ2) is 4.92. The van der Waals surface area contributed by atoms with Crippen molar-refractivity contribution in [3.05, 3.63) is 48.1 Å². The molecule has 1 unspecified atom stereocenters. The second-order valence-electron chi connectivity index (χ2n) is 3.08. The van der Waals surface area contributed by atoms with Crippen LogP contribution in [0.5, 0.6) is 0 Å². The first-order chi connectivity index (χ1) is 6.24. The summed E-state index contributed by atoms with van der Waals surface area (Å²) in [6.07, 6.45) is 0.667. The fourth-order valence-electron chi connectivity index (χ4n) is 1.17. The lowest BCUT2D eigenvalue weighted by atomic mass is 10.1. The van der Waals surface area contributed by atoms with E-state index in [9.17, 15) is 8.78 Å². The van der Waals surface area contributed by atoms with Gasteiger partial charge < -0.3 is 0 Å². The predicted molar refractivity (Wildman–Crippen MR) is 54.1 cm³/mol. The van der Waals surface area contributed by atoms with Gasteiger partial charge in [0, 0.05) is 15.8 Å². The predicted octanol–water partition coefficient (Wildman–Crippen LogP) is 2.16. The van der Waals surface area contributed by atoms with E-state index in [1.165, 1.54) is 0 Å². The average Bonchev–Trinajstić information content (AvgIpc) is 2.18. The van der Waals surface area contributed by atoms with Crippen LogP contribution in [0.4, 0.5) is 8.78 Å². The molecule has 0 aliphatic heterocycles. The first-order valence-corrected chi connectivity index (χ1v) is 5.39. The summed E-state index contributed by atoms with van der Waals surface area (Å²) >= 11 is 0. The molecule has 1 aromatic carbocycles. The van der Waals surface area contributed by atoms with Crippen LogP contribution in [0.3, 0.4) is 0 Å². The topological polar surface area (TPSA) is 0 Å². The smallest absolute Gasteiger partial charge is 0.128 e. The average molecular weight is 198 g/mol. The zero-order valence-corrected chi connectivity index (χ0v) is 9.50. The molecular weight excluding hydrogens is 186 g/mol. The molecule has 0 spiro atoms. The van der Waals surface area contributed by atoms with Gasteiger partial charge in [0.15, 0.2) is 0 Å². The molecule has 1 atom stereocenters. The number of benzene rings is 1. The Labute approximate surface area is 79.7 Å². The zero-order chi connectivity index (χ0) is 9.68. The van der Waals surface area contributed by atoms with Crippen LogP contribution in [0.25, 0.3) is 0 Å². The van der Waals surface area contributed by atoms with Gasteiger partial charge in [-0.1, -0.05) is 30.3 Å². The van der Waals surface area contributed by atoms with Crippen LogP contribution >= 0.6 is 0 Å². The lowest BCUT2D eigenvalue weighted by Crippen LogP contribution is -1.97. The molecule has 3 heteroatoms. The van der Waals surface area contributed by atoms with E-state index >= 15 is 0 Å². The Balaban J connectivity index is 2.60. The standard InChI is InChI=1S/C10H12F2Si/c11-7-9(12)10(13)6-8-4-2-1-3-5-8/h1-5,7,10H,6H2,13H3. The largest absolute Gasteiger partial charge is 0.213 e. The van der Waals surface area contributed by atoms with Crippen molar-refractivity contribution in [2.24, 2.45) is 0 Å². The summed E-state index contributed by atoms with van der Waals surface area (Å²) in [4.78, 5) is 0. The molecule has 1 rings (SSSR count). The van der Waals surface area contributed by atoms with Crippen LogP contribution < -0.4 is 0 Å². The lowest BCUT2D eigenvalue weighted by Gasteiger charge is -2.07. The van der Waals surface area contributed by atoms with Crippen molar-refractivity contribution in [3.63, 3.8) is 0 Å². The van der Waals surface area contributed by atoms with Crippen LogP contribution in [0.2, 0.25) is 5.54 Å².